The maximum Gasteiger partial charge on any atom is 0.128 e. The molecule has 0 amide bonds. The molecule has 0 radical (unpaired) electrons. The lowest BCUT2D eigenvalue weighted by atomic mass is 9.84. The molecule has 0 aromatic heterocycles. The van der Waals surface area contributed by atoms with Crippen LogP contribution in [0.2, 0.25) is 0 Å². The molecule has 2 N–H and O–H groups in total. The predicted octanol–water partition coefficient (Wildman–Crippen LogP) is 3.93. The zero-order valence-electron chi connectivity index (χ0n) is 11.3. The predicted molar refractivity (Wildman–Crippen MR) is 78.6 cm³/mol. The second-order valence-corrected chi connectivity index (χ2v) is 6.47. The Morgan fingerprint density at radius 1 is 1.37 bits per heavy atom. The number of nitrogens with one attached hydrogen (secondary N) is 1. The van der Waals surface area contributed by atoms with Gasteiger partial charge in [-0.15, -0.1) is 0 Å². The number of benzene rings is 1. The van der Waals surface area contributed by atoms with Crippen molar-refractivity contribution in [3.05, 3.63) is 34.1 Å². The van der Waals surface area contributed by atoms with Crippen LogP contribution in [0.4, 0.5) is 4.39 Å². The monoisotopic (exact) mass is 329 g/mol. The third kappa shape index (κ3) is 4.01. The van der Waals surface area contributed by atoms with Crippen LogP contribution in [-0.4, -0.2) is 17.3 Å². The molecular weight excluding hydrogens is 309 g/mol. The van der Waals surface area contributed by atoms with Crippen LogP contribution >= 0.6 is 15.9 Å². The molecule has 0 aliphatic heterocycles. The van der Waals surface area contributed by atoms with E-state index in [1.54, 1.807) is 12.1 Å². The van der Waals surface area contributed by atoms with Gasteiger partial charge in [-0.3, -0.25) is 0 Å². The van der Waals surface area contributed by atoms with Crippen molar-refractivity contribution in [2.24, 2.45) is 0 Å². The molecule has 4 heteroatoms. The van der Waals surface area contributed by atoms with E-state index in [1.165, 1.54) is 12.5 Å². The summed E-state index contributed by atoms with van der Waals surface area (Å²) in [4.78, 5) is 0. The molecule has 1 saturated carbocycles. The van der Waals surface area contributed by atoms with Gasteiger partial charge >= 0.3 is 0 Å². The van der Waals surface area contributed by atoms with Gasteiger partial charge in [0.1, 0.15) is 5.82 Å². The first-order valence-electron chi connectivity index (χ1n) is 6.91. The average molecular weight is 330 g/mol. The Balaban J connectivity index is 1.97. The molecule has 106 valence electrons. The first kappa shape index (κ1) is 14.9. The molecule has 1 aliphatic carbocycles. The van der Waals surface area contributed by atoms with Crippen LogP contribution in [0.25, 0.3) is 0 Å². The highest BCUT2D eigenvalue weighted by Crippen LogP contribution is 2.28. The molecule has 0 spiro atoms. The molecular formula is C15H21BrFNO. The third-order valence-electron chi connectivity index (χ3n) is 3.95. The van der Waals surface area contributed by atoms with E-state index in [-0.39, 0.29) is 11.9 Å². The minimum Gasteiger partial charge on any atom is -0.389 e. The summed E-state index contributed by atoms with van der Waals surface area (Å²) in [5, 5.41) is 13.7. The van der Waals surface area contributed by atoms with E-state index in [2.05, 4.69) is 21.2 Å². The largest absolute Gasteiger partial charge is 0.389 e. The first-order valence-corrected chi connectivity index (χ1v) is 7.70. The number of hydrogen-bond donors (Lipinski definition) is 2. The summed E-state index contributed by atoms with van der Waals surface area (Å²) in [7, 11) is 0. The van der Waals surface area contributed by atoms with Crippen molar-refractivity contribution >= 4 is 15.9 Å². The Kier molecular flexibility index (Phi) is 4.98. The Morgan fingerprint density at radius 2 is 2.05 bits per heavy atom. The van der Waals surface area contributed by atoms with Crippen LogP contribution < -0.4 is 5.32 Å². The Bertz CT molecular complexity index is 432. The molecule has 1 fully saturated rings. The van der Waals surface area contributed by atoms with E-state index in [4.69, 9.17) is 0 Å². The first-order chi connectivity index (χ1) is 9.00. The average Bonchev–Trinajstić information content (AvgIpc) is 2.40. The molecule has 0 bridgehead atoms. The maximum absolute atomic E-state index is 13.8. The van der Waals surface area contributed by atoms with E-state index in [9.17, 15) is 9.50 Å². The van der Waals surface area contributed by atoms with Crippen molar-refractivity contribution in [3.63, 3.8) is 0 Å². The molecule has 1 aliphatic rings. The number of hydrogen-bond acceptors (Lipinski definition) is 2. The maximum atomic E-state index is 13.8. The molecule has 0 saturated heterocycles. The van der Waals surface area contributed by atoms with Crippen molar-refractivity contribution in [3.8, 4) is 0 Å². The Labute approximate surface area is 122 Å². The molecule has 19 heavy (non-hydrogen) atoms. The number of aliphatic hydroxyl groups is 1. The second kappa shape index (κ2) is 6.33. The van der Waals surface area contributed by atoms with E-state index in [0.29, 0.717) is 12.1 Å². The zero-order chi connectivity index (χ0) is 13.9. The van der Waals surface area contributed by atoms with Crippen molar-refractivity contribution in [2.45, 2.75) is 50.7 Å². The summed E-state index contributed by atoms with van der Waals surface area (Å²) in [5.41, 5.74) is 0.0171. The van der Waals surface area contributed by atoms with E-state index >= 15 is 0 Å². The summed E-state index contributed by atoms with van der Waals surface area (Å²) in [5.74, 6) is -0.209. The summed E-state index contributed by atoms with van der Waals surface area (Å²) >= 11 is 3.36. The fraction of sp³-hybridized carbons (Fsp3) is 0.600. The molecule has 2 nitrogen and oxygen atoms in total. The Hall–Kier alpha value is -0.450. The van der Waals surface area contributed by atoms with Crippen molar-refractivity contribution < 1.29 is 9.50 Å². The summed E-state index contributed by atoms with van der Waals surface area (Å²) in [6, 6.07) is 4.84. The highest BCUT2D eigenvalue weighted by atomic mass is 79.9. The zero-order valence-corrected chi connectivity index (χ0v) is 12.8. The molecule has 1 aromatic rings. The van der Waals surface area contributed by atoms with Gasteiger partial charge in [-0.2, -0.15) is 0 Å². The van der Waals surface area contributed by atoms with Gasteiger partial charge in [0.2, 0.25) is 0 Å². The lowest BCUT2D eigenvalue weighted by molar-refractivity contribution is 0.00292. The van der Waals surface area contributed by atoms with Crippen LogP contribution in [0, 0.1) is 5.82 Å². The van der Waals surface area contributed by atoms with E-state index in [1.807, 2.05) is 6.92 Å². The number of rotatable bonds is 4. The topological polar surface area (TPSA) is 32.3 Å². The summed E-state index contributed by atoms with van der Waals surface area (Å²) < 4.78 is 14.6. The lowest BCUT2D eigenvalue weighted by Crippen LogP contribution is -2.43. The van der Waals surface area contributed by atoms with Crippen LogP contribution in [0.5, 0.6) is 0 Å². The fourth-order valence-electron chi connectivity index (χ4n) is 2.69. The quantitative estimate of drug-likeness (QED) is 0.877. The lowest BCUT2D eigenvalue weighted by Gasteiger charge is -2.33. The SMILES string of the molecule is CC(NCC1(O)CCCCC1)c1cc(Br)ccc1F. The highest BCUT2D eigenvalue weighted by Gasteiger charge is 2.29. The van der Waals surface area contributed by atoms with Crippen LogP contribution in [0.1, 0.15) is 50.6 Å². The minimum atomic E-state index is -0.616. The van der Waals surface area contributed by atoms with Crippen LogP contribution in [0.15, 0.2) is 22.7 Å². The summed E-state index contributed by atoms with van der Waals surface area (Å²) in [6.45, 7) is 2.46. The van der Waals surface area contributed by atoms with E-state index < -0.39 is 5.60 Å². The Morgan fingerprint density at radius 3 is 2.74 bits per heavy atom. The van der Waals surface area contributed by atoms with Gasteiger partial charge in [0.25, 0.3) is 0 Å². The van der Waals surface area contributed by atoms with Crippen molar-refractivity contribution in [1.29, 1.82) is 0 Å². The minimum absolute atomic E-state index is 0.108. The van der Waals surface area contributed by atoms with Gasteiger partial charge in [-0.1, -0.05) is 35.2 Å². The van der Waals surface area contributed by atoms with Gasteiger partial charge in [0, 0.05) is 22.6 Å². The van der Waals surface area contributed by atoms with Crippen molar-refractivity contribution in [1.82, 2.24) is 5.32 Å². The molecule has 1 atom stereocenters. The number of halogens is 2. The fourth-order valence-corrected chi connectivity index (χ4v) is 3.06. The van der Waals surface area contributed by atoms with Gasteiger partial charge in [-0.05, 0) is 38.0 Å². The highest BCUT2D eigenvalue weighted by molar-refractivity contribution is 9.10. The molecule has 1 unspecified atom stereocenters. The summed E-state index contributed by atoms with van der Waals surface area (Å²) in [6.07, 6.45) is 5.05. The normalized spacial score (nSPS) is 20.2. The van der Waals surface area contributed by atoms with Crippen LogP contribution in [0.3, 0.4) is 0 Å². The van der Waals surface area contributed by atoms with Crippen molar-refractivity contribution in [2.75, 3.05) is 6.54 Å². The molecule has 0 heterocycles. The third-order valence-corrected chi connectivity index (χ3v) is 4.44. The standard InChI is InChI=1S/C15H21BrFNO/c1-11(13-9-12(16)5-6-14(13)17)18-10-15(19)7-3-2-4-8-15/h5-6,9,11,18-19H,2-4,7-8,10H2,1H3. The van der Waals surface area contributed by atoms with Crippen LogP contribution in [-0.2, 0) is 0 Å². The van der Waals surface area contributed by atoms with Gasteiger partial charge in [0.15, 0.2) is 0 Å². The van der Waals surface area contributed by atoms with E-state index in [0.717, 1.165) is 30.2 Å². The molecule has 2 rings (SSSR count). The van der Waals surface area contributed by atoms with Gasteiger partial charge < -0.3 is 10.4 Å². The van der Waals surface area contributed by atoms with Gasteiger partial charge in [0.05, 0.1) is 5.60 Å². The van der Waals surface area contributed by atoms with Gasteiger partial charge in [-0.25, -0.2) is 4.39 Å². The smallest absolute Gasteiger partial charge is 0.128 e. The molecule has 1 aromatic carbocycles. The second-order valence-electron chi connectivity index (χ2n) is 5.55.